The van der Waals surface area contributed by atoms with Crippen LogP contribution in [0.25, 0.3) is 0 Å². The Morgan fingerprint density at radius 1 is 0.880 bits per heavy atom. The normalized spacial score (nSPS) is 41.8. The molecule has 4 fully saturated rings. The number of hydrogen-bond donors (Lipinski definition) is 2. The third kappa shape index (κ3) is 1.99. The summed E-state index contributed by atoms with van der Waals surface area (Å²) in [7, 11) is 0. The number of aliphatic hydroxyl groups is 1. The largest absolute Gasteiger partial charge is 0.508 e. The van der Waals surface area contributed by atoms with Gasteiger partial charge >= 0.3 is 0 Å². The second-order valence-electron chi connectivity index (χ2n) is 8.32. The summed E-state index contributed by atoms with van der Waals surface area (Å²) in [6.45, 7) is 5.57. The second-order valence-corrected chi connectivity index (χ2v) is 8.32. The van der Waals surface area contributed by atoms with Crippen LogP contribution in [0.5, 0.6) is 5.75 Å². The number of hydrogen-bond acceptors (Lipinski definition) is 4. The van der Waals surface area contributed by atoms with Crippen molar-refractivity contribution in [2.24, 2.45) is 5.41 Å². The summed E-state index contributed by atoms with van der Waals surface area (Å²) in [5.41, 5.74) is 1.79. The number of piperidine rings is 2. The summed E-state index contributed by atoms with van der Waals surface area (Å²) in [5.74, 6) is 0.361. The molecule has 2 N–H and O–H groups in total. The van der Waals surface area contributed by atoms with E-state index in [1.54, 1.807) is 6.07 Å². The molecule has 4 heterocycles. The van der Waals surface area contributed by atoms with Crippen molar-refractivity contribution < 1.29 is 10.2 Å². The fraction of sp³-hybridized carbons (Fsp3) is 0.429. The molecule has 2 unspecified atom stereocenters. The lowest BCUT2D eigenvalue weighted by molar-refractivity contribution is -0.232. The average Bonchev–Trinajstić information content (AvgIpc) is 2.60. The molecule has 0 aliphatic carbocycles. The van der Waals surface area contributed by atoms with Crippen LogP contribution in [0.2, 0.25) is 0 Å². The van der Waals surface area contributed by atoms with Gasteiger partial charge in [-0.2, -0.15) is 0 Å². The average molecular weight is 336 g/mol. The lowest BCUT2D eigenvalue weighted by Gasteiger charge is -2.69. The Bertz CT molecular complexity index is 791. The highest BCUT2D eigenvalue weighted by Gasteiger charge is 2.64. The van der Waals surface area contributed by atoms with Gasteiger partial charge in [0.15, 0.2) is 0 Å². The zero-order valence-electron chi connectivity index (χ0n) is 14.5. The first-order chi connectivity index (χ1) is 12.0. The number of phenols is 1. The molecule has 25 heavy (non-hydrogen) atoms. The number of benzene rings is 2. The highest BCUT2D eigenvalue weighted by molar-refractivity contribution is 5.39. The lowest BCUT2D eigenvalue weighted by Crippen LogP contribution is -2.79. The van der Waals surface area contributed by atoms with Crippen molar-refractivity contribution in [3.05, 3.63) is 65.7 Å². The van der Waals surface area contributed by atoms with Gasteiger partial charge in [0.1, 0.15) is 5.75 Å². The van der Waals surface area contributed by atoms with Gasteiger partial charge in [-0.3, -0.25) is 9.80 Å². The molecule has 130 valence electrons. The molecule has 6 rings (SSSR count). The third-order valence-corrected chi connectivity index (χ3v) is 6.54. The van der Waals surface area contributed by atoms with Crippen molar-refractivity contribution in [2.45, 2.75) is 24.6 Å². The molecule has 4 heteroatoms. The number of nitrogens with zero attached hydrogens (tertiary/aromatic N) is 2. The fourth-order valence-electron chi connectivity index (χ4n) is 5.66. The smallest absolute Gasteiger partial charge is 0.121 e. The SMILES string of the molecule is CC12CN3CC(c4ccccc4)(CN(C1)C3c1ccccc1O)[C@H]2O. The number of aromatic hydroxyl groups is 1. The number of para-hydroxylation sites is 1. The summed E-state index contributed by atoms with van der Waals surface area (Å²) in [4.78, 5) is 4.89. The van der Waals surface area contributed by atoms with Crippen LogP contribution in [0.4, 0.5) is 0 Å². The maximum Gasteiger partial charge on any atom is 0.121 e. The van der Waals surface area contributed by atoms with Gasteiger partial charge in [-0.05, 0) is 11.6 Å². The number of aliphatic hydroxyl groups excluding tert-OH is 1. The van der Waals surface area contributed by atoms with Gasteiger partial charge in [0.2, 0.25) is 0 Å². The van der Waals surface area contributed by atoms with E-state index in [2.05, 4.69) is 41.0 Å². The molecule has 0 radical (unpaired) electrons. The molecule has 0 saturated carbocycles. The van der Waals surface area contributed by atoms with Crippen LogP contribution < -0.4 is 0 Å². The van der Waals surface area contributed by atoms with Gasteiger partial charge in [-0.1, -0.05) is 55.5 Å². The molecule has 4 bridgehead atoms. The molecule has 4 aliphatic heterocycles. The van der Waals surface area contributed by atoms with Crippen molar-refractivity contribution in [3.63, 3.8) is 0 Å². The zero-order chi connectivity index (χ0) is 17.2. The molecule has 4 saturated heterocycles. The molecule has 3 atom stereocenters. The van der Waals surface area contributed by atoms with E-state index in [0.717, 1.165) is 31.7 Å². The van der Waals surface area contributed by atoms with Crippen LogP contribution in [-0.4, -0.2) is 52.3 Å². The molecular weight excluding hydrogens is 312 g/mol. The number of phenolic OH excluding ortho intramolecular Hbond substituents is 1. The second kappa shape index (κ2) is 5.07. The summed E-state index contributed by atoms with van der Waals surface area (Å²) >= 11 is 0. The van der Waals surface area contributed by atoms with Crippen molar-refractivity contribution in [1.29, 1.82) is 0 Å². The van der Waals surface area contributed by atoms with Crippen molar-refractivity contribution in [3.8, 4) is 5.75 Å². The molecule has 4 aliphatic rings. The predicted molar refractivity (Wildman–Crippen MR) is 96.2 cm³/mol. The number of rotatable bonds is 2. The Hall–Kier alpha value is -1.88. The van der Waals surface area contributed by atoms with E-state index in [0.29, 0.717) is 5.75 Å². The Balaban J connectivity index is 1.61. The summed E-state index contributed by atoms with van der Waals surface area (Å²) in [6.07, 6.45) is -0.251. The molecule has 0 spiro atoms. The predicted octanol–water partition coefficient (Wildman–Crippen LogP) is 2.34. The highest BCUT2D eigenvalue weighted by Crippen LogP contribution is 2.55. The third-order valence-electron chi connectivity index (χ3n) is 6.54. The van der Waals surface area contributed by atoms with Crippen molar-refractivity contribution >= 4 is 0 Å². The Morgan fingerprint density at radius 2 is 1.48 bits per heavy atom. The van der Waals surface area contributed by atoms with Gasteiger partial charge < -0.3 is 10.2 Å². The maximum absolute atomic E-state index is 11.3. The molecule has 0 amide bonds. The van der Waals surface area contributed by atoms with E-state index in [4.69, 9.17) is 0 Å². The summed E-state index contributed by atoms with van der Waals surface area (Å²) in [6, 6.07) is 18.1. The molecular formula is C21H24N2O2. The first kappa shape index (κ1) is 15.4. The topological polar surface area (TPSA) is 46.9 Å². The van der Waals surface area contributed by atoms with Gasteiger partial charge in [-0.25, -0.2) is 0 Å². The summed E-state index contributed by atoms with van der Waals surface area (Å²) in [5, 5.41) is 21.7. The van der Waals surface area contributed by atoms with E-state index in [1.165, 1.54) is 5.56 Å². The fourth-order valence-corrected chi connectivity index (χ4v) is 5.66. The zero-order valence-corrected chi connectivity index (χ0v) is 14.5. The standard InChI is InChI=1S/C21H24N2O2/c1-20-11-22-13-21(19(20)25,15-7-3-2-4-8-15)14-23(12-20)18(22)16-9-5-6-10-17(16)24/h2-10,18-19,24-25H,11-14H2,1H3/t18?,19-,20?,21?/m0/s1. The monoisotopic (exact) mass is 336 g/mol. The van der Waals surface area contributed by atoms with Crippen LogP contribution in [0.3, 0.4) is 0 Å². The molecule has 4 nitrogen and oxygen atoms in total. The minimum Gasteiger partial charge on any atom is -0.508 e. The summed E-state index contributed by atoms with van der Waals surface area (Å²) < 4.78 is 0. The van der Waals surface area contributed by atoms with Crippen molar-refractivity contribution in [1.82, 2.24) is 9.80 Å². The Morgan fingerprint density at radius 3 is 2.12 bits per heavy atom. The highest BCUT2D eigenvalue weighted by atomic mass is 16.3. The lowest BCUT2D eigenvalue weighted by atomic mass is 9.57. The maximum atomic E-state index is 11.3. The molecule has 0 aromatic heterocycles. The van der Waals surface area contributed by atoms with Crippen LogP contribution in [0.1, 0.15) is 24.2 Å². The van der Waals surface area contributed by atoms with Gasteiger partial charge in [-0.15, -0.1) is 0 Å². The van der Waals surface area contributed by atoms with Gasteiger partial charge in [0.05, 0.1) is 12.3 Å². The first-order valence-corrected chi connectivity index (χ1v) is 9.03. The Kier molecular flexibility index (Phi) is 3.12. The van der Waals surface area contributed by atoms with Gasteiger partial charge in [0.25, 0.3) is 0 Å². The van der Waals surface area contributed by atoms with Crippen molar-refractivity contribution in [2.75, 3.05) is 26.2 Å². The first-order valence-electron chi connectivity index (χ1n) is 9.03. The van der Waals surface area contributed by atoms with Crippen LogP contribution >= 0.6 is 0 Å². The van der Waals surface area contributed by atoms with E-state index >= 15 is 0 Å². The molecule has 2 aromatic carbocycles. The minimum atomic E-state index is -0.347. The van der Waals surface area contributed by atoms with Gasteiger partial charge in [0, 0.05) is 42.6 Å². The van der Waals surface area contributed by atoms with E-state index in [-0.39, 0.29) is 23.1 Å². The van der Waals surface area contributed by atoms with E-state index in [1.807, 2.05) is 24.3 Å². The molecule has 2 aromatic rings. The van der Waals surface area contributed by atoms with E-state index in [9.17, 15) is 10.2 Å². The quantitative estimate of drug-likeness (QED) is 0.884. The Labute approximate surface area is 148 Å². The van der Waals surface area contributed by atoms with Crippen LogP contribution in [0.15, 0.2) is 54.6 Å². The minimum absolute atomic E-state index is 0.0959. The van der Waals surface area contributed by atoms with Crippen LogP contribution in [0, 0.1) is 5.41 Å². The van der Waals surface area contributed by atoms with E-state index < -0.39 is 0 Å². The van der Waals surface area contributed by atoms with Crippen LogP contribution in [-0.2, 0) is 5.41 Å².